The minimum Gasteiger partial charge on any atom is -0.393 e. The van der Waals surface area contributed by atoms with Crippen LogP contribution in [0, 0.1) is 0 Å². The summed E-state index contributed by atoms with van der Waals surface area (Å²) in [4.78, 5) is 24.4. The molecule has 9 heteroatoms. The van der Waals surface area contributed by atoms with E-state index in [9.17, 15) is 24.2 Å². The lowest BCUT2D eigenvalue weighted by Gasteiger charge is -2.26. The van der Waals surface area contributed by atoms with Crippen LogP contribution in [-0.4, -0.2) is 56.0 Å². The maximum absolute atomic E-state index is 12.9. The number of ether oxygens (including phenoxy) is 1. The largest absolute Gasteiger partial charge is 0.393 e. The lowest BCUT2D eigenvalue weighted by atomic mass is 9.98. The van der Waals surface area contributed by atoms with Crippen LogP contribution in [-0.2, 0) is 4.74 Å². The molecule has 0 bridgehead atoms. The standard InChI is InChI=1S/C10H13FN2O6/c11-3-10(4-14)7(17)6(16)8(19-10)13-2-1-5(15)12-9(13)18/h1-2,6-8,14,16-17H,3-4H2,(H,12,15,18)/t6-,7+,8-,10-/m1/s1. The van der Waals surface area contributed by atoms with Crippen LogP contribution in [0.2, 0.25) is 0 Å². The van der Waals surface area contributed by atoms with Crippen LogP contribution in [0.25, 0.3) is 0 Å². The topological polar surface area (TPSA) is 125 Å². The fraction of sp³-hybridized carbons (Fsp3) is 0.600. The molecule has 0 saturated carbocycles. The van der Waals surface area contributed by atoms with Crippen molar-refractivity contribution in [3.8, 4) is 0 Å². The summed E-state index contributed by atoms with van der Waals surface area (Å²) in [5.74, 6) is 0. The molecule has 1 aromatic heterocycles. The van der Waals surface area contributed by atoms with Crippen molar-refractivity contribution < 1.29 is 24.4 Å². The minimum atomic E-state index is -1.99. The highest BCUT2D eigenvalue weighted by Crippen LogP contribution is 2.36. The van der Waals surface area contributed by atoms with Gasteiger partial charge in [-0.05, 0) is 0 Å². The fourth-order valence-electron chi connectivity index (χ4n) is 1.98. The monoisotopic (exact) mass is 276 g/mol. The fourth-order valence-corrected chi connectivity index (χ4v) is 1.98. The lowest BCUT2D eigenvalue weighted by Crippen LogP contribution is -2.48. The normalized spacial score (nSPS) is 34.6. The van der Waals surface area contributed by atoms with Gasteiger partial charge in [0.05, 0.1) is 6.61 Å². The predicted molar refractivity (Wildman–Crippen MR) is 59.3 cm³/mol. The molecule has 0 unspecified atom stereocenters. The number of nitrogens with one attached hydrogen (secondary N) is 1. The summed E-state index contributed by atoms with van der Waals surface area (Å²) in [6.07, 6.45) is -3.67. The van der Waals surface area contributed by atoms with Crippen molar-refractivity contribution in [1.82, 2.24) is 9.55 Å². The van der Waals surface area contributed by atoms with Crippen molar-refractivity contribution in [2.75, 3.05) is 13.3 Å². The third kappa shape index (κ3) is 2.10. The van der Waals surface area contributed by atoms with Crippen LogP contribution in [0.15, 0.2) is 21.9 Å². The van der Waals surface area contributed by atoms with Crippen molar-refractivity contribution in [1.29, 1.82) is 0 Å². The zero-order chi connectivity index (χ0) is 14.2. The van der Waals surface area contributed by atoms with Gasteiger partial charge in [-0.15, -0.1) is 0 Å². The third-order valence-electron chi connectivity index (χ3n) is 3.13. The SMILES string of the molecule is O=c1ccn([C@@H]2O[C@@](CO)(CF)[C@@H](O)[C@H]2O)c(=O)[nH]1. The molecule has 19 heavy (non-hydrogen) atoms. The Kier molecular flexibility index (Phi) is 3.54. The second kappa shape index (κ2) is 4.85. The highest BCUT2D eigenvalue weighted by atomic mass is 19.1. The summed E-state index contributed by atoms with van der Waals surface area (Å²) in [5, 5.41) is 28.6. The van der Waals surface area contributed by atoms with E-state index in [0.717, 1.165) is 16.8 Å². The van der Waals surface area contributed by atoms with Gasteiger partial charge in [-0.1, -0.05) is 0 Å². The molecule has 2 rings (SSSR count). The van der Waals surface area contributed by atoms with Crippen molar-refractivity contribution in [2.24, 2.45) is 0 Å². The molecule has 0 radical (unpaired) electrons. The molecule has 0 spiro atoms. The van der Waals surface area contributed by atoms with Crippen molar-refractivity contribution in [3.63, 3.8) is 0 Å². The Morgan fingerprint density at radius 2 is 2.16 bits per heavy atom. The molecule has 0 amide bonds. The first kappa shape index (κ1) is 13.9. The smallest absolute Gasteiger partial charge is 0.330 e. The summed E-state index contributed by atoms with van der Waals surface area (Å²) in [6, 6.07) is 1.01. The average molecular weight is 276 g/mol. The molecule has 4 N–H and O–H groups in total. The Balaban J connectivity index is 2.42. The third-order valence-corrected chi connectivity index (χ3v) is 3.13. The first-order chi connectivity index (χ1) is 8.95. The Morgan fingerprint density at radius 3 is 2.63 bits per heavy atom. The molecular formula is C10H13FN2O6. The summed E-state index contributed by atoms with van der Waals surface area (Å²) < 4.78 is 18.8. The first-order valence-electron chi connectivity index (χ1n) is 5.47. The molecule has 1 fully saturated rings. The molecule has 1 saturated heterocycles. The van der Waals surface area contributed by atoms with Crippen LogP contribution < -0.4 is 11.2 Å². The van der Waals surface area contributed by atoms with Crippen molar-refractivity contribution in [3.05, 3.63) is 33.1 Å². The molecular weight excluding hydrogens is 263 g/mol. The highest BCUT2D eigenvalue weighted by Gasteiger charge is 2.55. The van der Waals surface area contributed by atoms with Gasteiger partial charge >= 0.3 is 5.69 Å². The maximum Gasteiger partial charge on any atom is 0.330 e. The van der Waals surface area contributed by atoms with Gasteiger partial charge in [0.1, 0.15) is 18.9 Å². The summed E-state index contributed by atoms with van der Waals surface area (Å²) in [7, 11) is 0. The molecule has 0 aliphatic carbocycles. The van der Waals surface area contributed by atoms with Crippen molar-refractivity contribution in [2.45, 2.75) is 24.0 Å². The van der Waals surface area contributed by atoms with Crippen LogP contribution in [0.4, 0.5) is 4.39 Å². The number of rotatable bonds is 3. The number of nitrogens with zero attached hydrogens (tertiary/aromatic N) is 1. The Hall–Kier alpha value is -1.55. The number of halogens is 1. The van der Waals surface area contributed by atoms with Gasteiger partial charge in [0.25, 0.3) is 5.56 Å². The molecule has 1 aliphatic heterocycles. The van der Waals surface area contributed by atoms with E-state index in [1.807, 2.05) is 4.98 Å². The summed E-state index contributed by atoms with van der Waals surface area (Å²) in [6.45, 7) is -2.10. The number of H-pyrrole nitrogens is 1. The second-order valence-corrected chi connectivity index (χ2v) is 4.32. The quantitative estimate of drug-likeness (QED) is 0.483. The maximum atomic E-state index is 12.9. The van der Waals surface area contributed by atoms with E-state index in [-0.39, 0.29) is 0 Å². The lowest BCUT2D eigenvalue weighted by molar-refractivity contribution is -0.138. The zero-order valence-electron chi connectivity index (χ0n) is 9.69. The summed E-state index contributed by atoms with van der Waals surface area (Å²) in [5.41, 5.74) is -3.51. The van der Waals surface area contributed by atoms with Crippen LogP contribution in [0.3, 0.4) is 0 Å². The molecule has 106 valence electrons. The number of aromatic nitrogens is 2. The van der Waals surface area contributed by atoms with E-state index >= 15 is 0 Å². The van der Waals surface area contributed by atoms with Crippen LogP contribution in [0.1, 0.15) is 6.23 Å². The molecule has 1 aliphatic rings. The molecule has 8 nitrogen and oxygen atoms in total. The number of aliphatic hydroxyl groups is 3. The van der Waals surface area contributed by atoms with Gasteiger partial charge in [0.15, 0.2) is 11.8 Å². The van der Waals surface area contributed by atoms with Gasteiger partial charge in [0.2, 0.25) is 0 Å². The van der Waals surface area contributed by atoms with Crippen LogP contribution >= 0.6 is 0 Å². The molecule has 4 atom stereocenters. The Labute approximate surface area is 105 Å². The van der Waals surface area contributed by atoms with Gasteiger partial charge in [-0.2, -0.15) is 0 Å². The van der Waals surface area contributed by atoms with E-state index in [2.05, 4.69) is 0 Å². The van der Waals surface area contributed by atoms with E-state index in [1.165, 1.54) is 0 Å². The Morgan fingerprint density at radius 1 is 1.47 bits per heavy atom. The highest BCUT2D eigenvalue weighted by molar-refractivity contribution is 5.01. The number of aliphatic hydroxyl groups excluding tert-OH is 3. The first-order valence-corrected chi connectivity index (χ1v) is 5.47. The van der Waals surface area contributed by atoms with E-state index in [0.29, 0.717) is 0 Å². The van der Waals surface area contributed by atoms with Gasteiger partial charge < -0.3 is 20.1 Å². The van der Waals surface area contributed by atoms with E-state index < -0.39 is 48.6 Å². The van der Waals surface area contributed by atoms with Gasteiger partial charge in [-0.25, -0.2) is 9.18 Å². The second-order valence-electron chi connectivity index (χ2n) is 4.32. The zero-order valence-corrected chi connectivity index (χ0v) is 9.69. The number of hydrogen-bond donors (Lipinski definition) is 4. The van der Waals surface area contributed by atoms with Crippen molar-refractivity contribution >= 4 is 0 Å². The number of hydrogen-bond acceptors (Lipinski definition) is 6. The molecule has 2 heterocycles. The Bertz CT molecular complexity index is 566. The average Bonchev–Trinajstić information content (AvgIpc) is 2.64. The summed E-state index contributed by atoms with van der Waals surface area (Å²) >= 11 is 0. The van der Waals surface area contributed by atoms with Crippen LogP contribution in [0.5, 0.6) is 0 Å². The van der Waals surface area contributed by atoms with E-state index in [4.69, 9.17) is 9.84 Å². The van der Waals surface area contributed by atoms with E-state index in [1.54, 1.807) is 0 Å². The van der Waals surface area contributed by atoms with Gasteiger partial charge in [0, 0.05) is 12.3 Å². The minimum absolute atomic E-state index is 0.645. The number of alkyl halides is 1. The van der Waals surface area contributed by atoms with Gasteiger partial charge in [-0.3, -0.25) is 14.3 Å². The molecule has 1 aromatic rings. The number of aromatic amines is 1. The predicted octanol–water partition coefficient (Wildman–Crippen LogP) is -2.51. The molecule has 0 aromatic carbocycles.